The van der Waals surface area contributed by atoms with Gasteiger partial charge in [0.15, 0.2) is 0 Å². The van der Waals surface area contributed by atoms with E-state index in [1.165, 1.54) is 0 Å². The maximum atomic E-state index is 12.4. The Kier molecular flexibility index (Phi) is 9.10. The van der Waals surface area contributed by atoms with Crippen LogP contribution in [-0.4, -0.2) is 60.5 Å². The number of carboxylic acid groups (broad SMARTS) is 1. The minimum atomic E-state index is -1.29. The summed E-state index contributed by atoms with van der Waals surface area (Å²) >= 11 is 0. The minimum absolute atomic E-state index is 0.0529. The van der Waals surface area contributed by atoms with E-state index in [2.05, 4.69) is 16.0 Å². The molecule has 2 aromatic carbocycles. The van der Waals surface area contributed by atoms with Crippen LogP contribution in [0.3, 0.4) is 0 Å². The molecule has 0 aromatic heterocycles. The fourth-order valence-electron chi connectivity index (χ4n) is 4.08. The third-order valence-electron chi connectivity index (χ3n) is 5.71. The highest BCUT2D eigenvalue weighted by Gasteiger charge is 2.30. The first-order valence-electron chi connectivity index (χ1n) is 12.1. The Morgan fingerprint density at radius 1 is 0.892 bits per heavy atom. The van der Waals surface area contributed by atoms with E-state index in [1.807, 2.05) is 48.5 Å². The van der Waals surface area contributed by atoms with Gasteiger partial charge in [0.25, 0.3) is 0 Å². The Labute approximate surface area is 215 Å². The van der Waals surface area contributed by atoms with E-state index in [9.17, 15) is 24.3 Å². The van der Waals surface area contributed by atoms with Crippen LogP contribution in [0.4, 0.5) is 9.59 Å². The van der Waals surface area contributed by atoms with Crippen molar-refractivity contribution < 1.29 is 33.8 Å². The summed E-state index contributed by atoms with van der Waals surface area (Å²) in [6.45, 7) is 5.57. The molecule has 198 valence electrons. The van der Waals surface area contributed by atoms with Crippen LogP contribution >= 0.6 is 0 Å². The van der Waals surface area contributed by atoms with Crippen molar-refractivity contribution in [1.82, 2.24) is 16.0 Å². The minimum Gasteiger partial charge on any atom is -0.480 e. The lowest BCUT2D eigenvalue weighted by Gasteiger charge is -2.19. The predicted molar refractivity (Wildman–Crippen MR) is 136 cm³/mol. The van der Waals surface area contributed by atoms with Crippen molar-refractivity contribution in [2.45, 2.75) is 51.2 Å². The number of carbonyl (C=O) groups excluding carboxylic acids is 3. The van der Waals surface area contributed by atoms with E-state index in [-0.39, 0.29) is 38.5 Å². The number of hydrogen-bond donors (Lipinski definition) is 4. The Morgan fingerprint density at radius 3 is 2.03 bits per heavy atom. The number of fused-ring (bicyclic) bond motifs is 3. The van der Waals surface area contributed by atoms with Crippen LogP contribution in [0.1, 0.15) is 50.7 Å². The van der Waals surface area contributed by atoms with E-state index in [4.69, 9.17) is 9.47 Å². The number of carbonyl (C=O) groups is 4. The van der Waals surface area contributed by atoms with Crippen LogP contribution in [0.25, 0.3) is 11.1 Å². The van der Waals surface area contributed by atoms with Gasteiger partial charge < -0.3 is 30.5 Å². The molecule has 0 saturated heterocycles. The highest BCUT2D eigenvalue weighted by Crippen LogP contribution is 2.44. The van der Waals surface area contributed by atoms with Gasteiger partial charge in [-0.15, -0.1) is 0 Å². The molecule has 0 radical (unpaired) electrons. The highest BCUT2D eigenvalue weighted by atomic mass is 16.6. The molecule has 0 saturated carbocycles. The van der Waals surface area contributed by atoms with E-state index in [1.54, 1.807) is 20.8 Å². The molecule has 1 aliphatic rings. The maximum Gasteiger partial charge on any atom is 0.407 e. The van der Waals surface area contributed by atoms with Crippen LogP contribution in [-0.2, 0) is 19.1 Å². The van der Waals surface area contributed by atoms with E-state index >= 15 is 0 Å². The summed E-state index contributed by atoms with van der Waals surface area (Å²) in [4.78, 5) is 47.7. The Balaban J connectivity index is 1.43. The van der Waals surface area contributed by atoms with Crippen molar-refractivity contribution in [3.8, 4) is 11.1 Å². The number of aliphatic carboxylic acids is 1. The Bertz CT molecular complexity index is 1100. The van der Waals surface area contributed by atoms with Gasteiger partial charge in [0.1, 0.15) is 18.2 Å². The van der Waals surface area contributed by atoms with E-state index < -0.39 is 35.7 Å². The summed E-state index contributed by atoms with van der Waals surface area (Å²) < 4.78 is 10.5. The zero-order valence-electron chi connectivity index (χ0n) is 21.2. The second-order valence-electron chi connectivity index (χ2n) is 9.68. The molecule has 0 unspecified atom stereocenters. The van der Waals surface area contributed by atoms with Crippen LogP contribution in [0, 0.1) is 0 Å². The van der Waals surface area contributed by atoms with Gasteiger partial charge in [-0.1, -0.05) is 48.5 Å². The predicted octanol–water partition coefficient (Wildman–Crippen LogP) is 3.40. The number of nitrogens with one attached hydrogen (secondary N) is 3. The van der Waals surface area contributed by atoms with Crippen molar-refractivity contribution in [3.05, 3.63) is 59.7 Å². The molecule has 0 bridgehead atoms. The average molecular weight is 512 g/mol. The first-order chi connectivity index (χ1) is 17.5. The van der Waals surface area contributed by atoms with Gasteiger partial charge in [0.05, 0.1) is 0 Å². The quantitative estimate of drug-likeness (QED) is 0.358. The number of rotatable bonds is 10. The van der Waals surface area contributed by atoms with E-state index in [0.29, 0.717) is 0 Å². The van der Waals surface area contributed by atoms with Gasteiger partial charge in [-0.05, 0) is 49.4 Å². The summed E-state index contributed by atoms with van der Waals surface area (Å²) in [5.41, 5.74) is 3.64. The molecule has 1 atom stereocenters. The fourth-order valence-corrected chi connectivity index (χ4v) is 4.08. The normalized spacial score (nSPS) is 13.1. The lowest BCUT2D eigenvalue weighted by molar-refractivity contribution is -0.139. The van der Waals surface area contributed by atoms with E-state index in [0.717, 1.165) is 22.3 Å². The van der Waals surface area contributed by atoms with Crippen molar-refractivity contribution in [2.75, 3.05) is 19.7 Å². The number of alkyl carbamates (subject to hydrolysis) is 2. The molecule has 2 aromatic rings. The van der Waals surface area contributed by atoms with Gasteiger partial charge in [-0.2, -0.15) is 0 Å². The second kappa shape index (κ2) is 12.2. The first-order valence-corrected chi connectivity index (χ1v) is 12.1. The summed E-state index contributed by atoms with van der Waals surface area (Å²) in [7, 11) is 0. The molecule has 0 spiro atoms. The number of carboxylic acids is 1. The van der Waals surface area contributed by atoms with Crippen LogP contribution in [0.15, 0.2) is 48.5 Å². The van der Waals surface area contributed by atoms with Crippen LogP contribution < -0.4 is 16.0 Å². The van der Waals surface area contributed by atoms with Gasteiger partial charge in [0.2, 0.25) is 5.91 Å². The summed E-state index contributed by atoms with van der Waals surface area (Å²) in [5, 5.41) is 16.9. The number of hydrogen-bond acceptors (Lipinski definition) is 6. The third-order valence-corrected chi connectivity index (χ3v) is 5.71. The van der Waals surface area contributed by atoms with Crippen molar-refractivity contribution in [1.29, 1.82) is 0 Å². The molecule has 0 heterocycles. The lowest BCUT2D eigenvalue weighted by Crippen LogP contribution is -2.42. The SMILES string of the molecule is CC(C)(C)OC(=O)NCCNC(=O)CC[C@H](NC(=O)OCC1c2ccccc2-c2ccccc21)C(=O)O. The topological polar surface area (TPSA) is 143 Å². The summed E-state index contributed by atoms with van der Waals surface area (Å²) in [6.07, 6.45) is -1.71. The molecule has 0 fully saturated rings. The number of benzene rings is 2. The van der Waals surface area contributed by atoms with Gasteiger partial charge in [-0.3, -0.25) is 4.79 Å². The zero-order chi connectivity index (χ0) is 27.0. The molecule has 10 heteroatoms. The molecule has 0 aliphatic heterocycles. The van der Waals surface area contributed by atoms with Crippen molar-refractivity contribution in [3.63, 3.8) is 0 Å². The summed E-state index contributed by atoms with van der Waals surface area (Å²) in [6, 6.07) is 14.5. The third kappa shape index (κ3) is 7.96. The van der Waals surface area contributed by atoms with Crippen LogP contribution in [0.2, 0.25) is 0 Å². The zero-order valence-corrected chi connectivity index (χ0v) is 21.2. The molecule has 4 N–H and O–H groups in total. The Hall–Kier alpha value is -4.08. The number of ether oxygens (including phenoxy) is 2. The van der Waals surface area contributed by atoms with Crippen LogP contribution in [0.5, 0.6) is 0 Å². The first kappa shape index (κ1) is 27.5. The largest absolute Gasteiger partial charge is 0.480 e. The highest BCUT2D eigenvalue weighted by molar-refractivity contribution is 5.82. The summed E-state index contributed by atoms with van der Waals surface area (Å²) in [5.74, 6) is -1.83. The molecule has 10 nitrogen and oxygen atoms in total. The smallest absolute Gasteiger partial charge is 0.407 e. The number of amides is 3. The Morgan fingerprint density at radius 2 is 1.46 bits per heavy atom. The van der Waals surface area contributed by atoms with Gasteiger partial charge in [0, 0.05) is 25.4 Å². The average Bonchev–Trinajstić information content (AvgIpc) is 3.15. The molecule has 3 amide bonds. The molecular formula is C27H33N3O7. The molecule has 37 heavy (non-hydrogen) atoms. The van der Waals surface area contributed by atoms with Crippen molar-refractivity contribution >= 4 is 24.1 Å². The van der Waals surface area contributed by atoms with Gasteiger partial charge >= 0.3 is 18.2 Å². The molecule has 1 aliphatic carbocycles. The maximum absolute atomic E-state index is 12.4. The lowest BCUT2D eigenvalue weighted by atomic mass is 9.98. The van der Waals surface area contributed by atoms with Crippen molar-refractivity contribution in [2.24, 2.45) is 0 Å². The fraction of sp³-hybridized carbons (Fsp3) is 0.407. The molecule has 3 rings (SSSR count). The second-order valence-corrected chi connectivity index (χ2v) is 9.68. The van der Waals surface area contributed by atoms with Gasteiger partial charge in [-0.25, -0.2) is 14.4 Å². The molecular weight excluding hydrogens is 478 g/mol. The monoisotopic (exact) mass is 511 g/mol. The standard InChI is InChI=1S/C27H33N3O7/c1-27(2,3)37-25(34)29-15-14-28-23(31)13-12-22(24(32)33)30-26(35)36-16-21-19-10-6-4-8-17(19)18-9-5-7-11-20(18)21/h4-11,21-22H,12-16H2,1-3H3,(H,28,31)(H,29,34)(H,30,35)(H,32,33)/t22-/m0/s1.